The molecule has 1 aromatic carbocycles. The fourth-order valence-corrected chi connectivity index (χ4v) is 5.51. The van der Waals surface area contributed by atoms with E-state index in [1.807, 2.05) is 25.1 Å². The number of aromatic nitrogens is 4. The predicted octanol–water partition coefficient (Wildman–Crippen LogP) is 3.96. The summed E-state index contributed by atoms with van der Waals surface area (Å²) in [7, 11) is 3.86. The Bertz CT molecular complexity index is 1360. The monoisotopic (exact) mass is 559 g/mol. The number of carbonyl (C=O) groups excluding carboxylic acids is 1. The number of piperazine rings is 1. The molecule has 12 heteroatoms. The predicted molar refractivity (Wildman–Crippen MR) is 151 cm³/mol. The first-order valence-electron chi connectivity index (χ1n) is 13.5. The summed E-state index contributed by atoms with van der Waals surface area (Å²) in [6, 6.07) is 5.97. The van der Waals surface area contributed by atoms with Crippen LogP contribution in [0.2, 0.25) is 0 Å². The highest BCUT2D eigenvalue weighted by Gasteiger charge is 2.31. The molecule has 11 nitrogen and oxygen atoms in total. The molecule has 1 aliphatic heterocycles. The molecule has 0 bridgehead atoms. The molecule has 3 heterocycles. The van der Waals surface area contributed by atoms with E-state index in [1.165, 1.54) is 0 Å². The van der Waals surface area contributed by atoms with Crippen molar-refractivity contribution in [3.63, 3.8) is 0 Å². The van der Waals surface area contributed by atoms with E-state index in [4.69, 9.17) is 14.2 Å². The number of hydrogen-bond donors (Lipinski definition) is 1. The van der Waals surface area contributed by atoms with E-state index < -0.39 is 6.16 Å². The minimum Gasteiger partial charge on any atom is -0.493 e. The lowest BCUT2D eigenvalue weighted by molar-refractivity contribution is -0.928. The number of nitrogens with zero attached hydrogens (tertiary/aromatic N) is 5. The maximum atomic E-state index is 13.0. The molecule has 1 N–H and O–H groups in total. The number of aromatic amines is 1. The normalized spacial score (nSPS) is 15.6. The van der Waals surface area contributed by atoms with Crippen LogP contribution in [0.5, 0.6) is 5.75 Å². The number of likely N-dealkylation sites (N-methyl/N-ethyl adjacent to an activating group) is 1. The number of nitrogens with one attached hydrogen (secondary N) is 1. The third kappa shape index (κ3) is 6.92. The molecule has 0 unspecified atom stereocenters. The zero-order valence-electron chi connectivity index (χ0n) is 23.7. The molecule has 39 heavy (non-hydrogen) atoms. The minimum absolute atomic E-state index is 0.201. The lowest BCUT2D eigenvalue weighted by Crippen LogP contribution is -2.56. The van der Waals surface area contributed by atoms with E-state index in [1.54, 1.807) is 37.5 Å². The van der Waals surface area contributed by atoms with Crippen molar-refractivity contribution in [3.05, 3.63) is 34.2 Å². The summed E-state index contributed by atoms with van der Waals surface area (Å²) in [5.41, 5.74) is 2.48. The standard InChI is InChI=1S/C27H38N6O5S/c1-7-9-21-23-24(31(5)30-21)26(34)29-25(28-23)20-16-19(10-11-22(20)36-8-2)39-32-12-14-33(6,15-13-32)17-37-27(35)38-18(3)4/h10-11,16,18H,7-9,12-15,17H2,1-6H3/p+1. The first kappa shape index (κ1) is 28.9. The van der Waals surface area contributed by atoms with Crippen molar-refractivity contribution < 1.29 is 23.5 Å². The van der Waals surface area contributed by atoms with E-state index in [2.05, 4.69) is 33.3 Å². The molecule has 0 aliphatic carbocycles. The van der Waals surface area contributed by atoms with E-state index in [-0.39, 0.29) is 18.4 Å². The van der Waals surface area contributed by atoms with Gasteiger partial charge in [-0.2, -0.15) is 10.1 Å². The smallest absolute Gasteiger partial charge is 0.493 e. The van der Waals surface area contributed by atoms with Gasteiger partial charge >= 0.3 is 6.16 Å². The average Bonchev–Trinajstić information content (AvgIpc) is 3.20. The highest BCUT2D eigenvalue weighted by atomic mass is 32.2. The molecule has 1 fully saturated rings. The Labute approximate surface area is 233 Å². The molecule has 0 amide bonds. The average molecular weight is 560 g/mol. The van der Waals surface area contributed by atoms with Gasteiger partial charge in [-0.15, -0.1) is 0 Å². The maximum Gasteiger partial charge on any atom is 0.512 e. The third-order valence-corrected chi connectivity index (χ3v) is 7.70. The van der Waals surface area contributed by atoms with E-state index in [0.29, 0.717) is 28.2 Å². The Hall–Kier alpha value is -3.09. The number of benzene rings is 1. The van der Waals surface area contributed by atoms with Crippen molar-refractivity contribution in [1.82, 2.24) is 24.1 Å². The Morgan fingerprint density at radius 1 is 1.23 bits per heavy atom. The van der Waals surface area contributed by atoms with Crippen molar-refractivity contribution in [2.75, 3.05) is 46.6 Å². The second-order valence-electron chi connectivity index (χ2n) is 10.3. The number of quaternary nitrogens is 1. The van der Waals surface area contributed by atoms with Crippen LogP contribution >= 0.6 is 11.9 Å². The molecule has 1 aliphatic rings. The van der Waals surface area contributed by atoms with Gasteiger partial charge in [-0.25, -0.2) is 9.10 Å². The van der Waals surface area contributed by atoms with Crippen molar-refractivity contribution in [2.24, 2.45) is 7.05 Å². The number of aryl methyl sites for hydroxylation is 2. The van der Waals surface area contributed by atoms with Crippen LogP contribution in [-0.2, 0) is 22.9 Å². The summed E-state index contributed by atoms with van der Waals surface area (Å²) < 4.78 is 20.9. The lowest BCUT2D eigenvalue weighted by Gasteiger charge is -2.40. The minimum atomic E-state index is -0.624. The van der Waals surface area contributed by atoms with Crippen molar-refractivity contribution in [3.8, 4) is 17.1 Å². The molecule has 3 aromatic rings. The summed E-state index contributed by atoms with van der Waals surface area (Å²) in [5.74, 6) is 1.13. The summed E-state index contributed by atoms with van der Waals surface area (Å²) in [4.78, 5) is 33.6. The van der Waals surface area contributed by atoms with Gasteiger partial charge in [0.15, 0.2) is 5.52 Å². The van der Waals surface area contributed by atoms with E-state index in [9.17, 15) is 9.59 Å². The quantitative estimate of drug-likeness (QED) is 0.224. The summed E-state index contributed by atoms with van der Waals surface area (Å²) >= 11 is 1.66. The molecule has 1 saturated heterocycles. The van der Waals surface area contributed by atoms with Gasteiger partial charge in [0.2, 0.25) is 6.73 Å². The Morgan fingerprint density at radius 2 is 1.97 bits per heavy atom. The van der Waals surface area contributed by atoms with Crippen LogP contribution in [0.1, 0.15) is 39.8 Å². The van der Waals surface area contributed by atoms with Crippen molar-refractivity contribution in [1.29, 1.82) is 0 Å². The van der Waals surface area contributed by atoms with Crippen molar-refractivity contribution in [2.45, 2.75) is 51.5 Å². The molecule has 212 valence electrons. The van der Waals surface area contributed by atoms with Gasteiger partial charge in [0, 0.05) is 11.9 Å². The van der Waals surface area contributed by atoms with Crippen LogP contribution < -0.4 is 10.3 Å². The topological polar surface area (TPSA) is 112 Å². The zero-order chi connectivity index (χ0) is 28.2. The second-order valence-corrected chi connectivity index (χ2v) is 11.5. The fraction of sp³-hybridized carbons (Fsp3) is 0.556. The van der Waals surface area contributed by atoms with Crippen molar-refractivity contribution >= 4 is 29.1 Å². The first-order chi connectivity index (χ1) is 18.6. The number of H-pyrrole nitrogens is 1. The maximum absolute atomic E-state index is 13.0. The third-order valence-electron chi connectivity index (χ3n) is 6.61. The summed E-state index contributed by atoms with van der Waals surface area (Å²) in [6.07, 6.45) is 0.860. The zero-order valence-corrected chi connectivity index (χ0v) is 24.5. The second kappa shape index (κ2) is 12.4. The first-order valence-corrected chi connectivity index (χ1v) is 14.2. The van der Waals surface area contributed by atoms with Gasteiger partial charge < -0.3 is 19.2 Å². The fourth-order valence-electron chi connectivity index (χ4n) is 4.56. The Morgan fingerprint density at radius 3 is 2.64 bits per heavy atom. The van der Waals surface area contributed by atoms with Crippen LogP contribution in [0.3, 0.4) is 0 Å². The Kier molecular flexibility index (Phi) is 9.19. The number of hydrogen-bond acceptors (Lipinski definition) is 9. The van der Waals surface area contributed by atoms with Gasteiger partial charge in [-0.1, -0.05) is 13.3 Å². The molecule has 0 spiro atoms. The van der Waals surface area contributed by atoms with Gasteiger partial charge in [0.25, 0.3) is 5.56 Å². The molecular formula is C27H39N6O5S+. The SMILES string of the molecule is CCCc1nn(C)c2c(=O)nc(-c3cc(SN4CC[N+](C)(COC(=O)OC(C)C)CC4)ccc3OCC)[nH]c12. The highest BCUT2D eigenvalue weighted by molar-refractivity contribution is 7.97. The molecular weight excluding hydrogens is 520 g/mol. The van der Waals surface area contributed by atoms with Gasteiger partial charge in [-0.05, 0) is 57.3 Å². The summed E-state index contributed by atoms with van der Waals surface area (Å²) in [6.45, 7) is 11.7. The number of ether oxygens (including phenoxy) is 3. The summed E-state index contributed by atoms with van der Waals surface area (Å²) in [5, 5.41) is 4.54. The number of rotatable bonds is 10. The van der Waals surface area contributed by atoms with Gasteiger partial charge in [0.05, 0.1) is 62.7 Å². The molecule has 0 saturated carbocycles. The van der Waals surface area contributed by atoms with Crippen LogP contribution in [-0.4, -0.2) is 87.4 Å². The van der Waals surface area contributed by atoms with E-state index >= 15 is 0 Å². The largest absolute Gasteiger partial charge is 0.512 e. The van der Waals surface area contributed by atoms with Crippen LogP contribution in [0.4, 0.5) is 4.79 Å². The lowest BCUT2D eigenvalue weighted by atomic mass is 10.1. The van der Waals surface area contributed by atoms with E-state index in [0.717, 1.165) is 60.7 Å². The van der Waals surface area contributed by atoms with Gasteiger partial charge in [-0.3, -0.25) is 14.0 Å². The Balaban J connectivity index is 1.52. The molecule has 4 rings (SSSR count). The van der Waals surface area contributed by atoms with Crippen LogP contribution in [0.25, 0.3) is 22.4 Å². The molecule has 2 aromatic heterocycles. The van der Waals surface area contributed by atoms with Gasteiger partial charge in [0.1, 0.15) is 11.6 Å². The number of fused-ring (bicyclic) bond motifs is 1. The molecule has 0 radical (unpaired) electrons. The highest BCUT2D eigenvalue weighted by Crippen LogP contribution is 2.34. The molecule has 0 atom stereocenters. The number of carbonyl (C=O) groups is 1. The van der Waals surface area contributed by atoms with Crippen LogP contribution in [0, 0.1) is 0 Å². The van der Waals surface area contributed by atoms with Crippen LogP contribution in [0.15, 0.2) is 27.9 Å².